The summed E-state index contributed by atoms with van der Waals surface area (Å²) in [6.45, 7) is 0. The van der Waals surface area contributed by atoms with E-state index in [4.69, 9.17) is 5.11 Å². The van der Waals surface area contributed by atoms with E-state index in [1.54, 1.807) is 0 Å². The summed E-state index contributed by atoms with van der Waals surface area (Å²) in [6, 6.07) is 5.32. The first-order valence-corrected chi connectivity index (χ1v) is 8.47. The minimum absolute atomic E-state index is 0.0561. The maximum absolute atomic E-state index is 13.8. The van der Waals surface area contributed by atoms with E-state index in [1.807, 2.05) is 4.72 Å². The van der Waals surface area contributed by atoms with Crippen molar-refractivity contribution in [2.45, 2.75) is 4.90 Å². The zero-order chi connectivity index (χ0) is 19.1. The number of nitrogens with zero attached hydrogens (tertiary/aromatic N) is 1. The highest BCUT2D eigenvalue weighted by Gasteiger charge is 2.23. The van der Waals surface area contributed by atoms with Gasteiger partial charge in [-0.3, -0.25) is 9.71 Å². The third-order valence-electron chi connectivity index (χ3n) is 3.51. The molecule has 0 saturated carbocycles. The summed E-state index contributed by atoms with van der Waals surface area (Å²) in [4.78, 5) is 14.5. The summed E-state index contributed by atoms with van der Waals surface area (Å²) >= 11 is 0. The van der Waals surface area contributed by atoms with Crippen molar-refractivity contribution < 1.29 is 31.5 Å². The molecule has 2 N–H and O–H groups in total. The molecule has 10 heteroatoms. The lowest BCUT2D eigenvalue weighted by atomic mass is 10.2. The second kappa shape index (κ2) is 6.30. The first-order chi connectivity index (χ1) is 12.2. The lowest BCUT2D eigenvalue weighted by Crippen LogP contribution is -2.17. The van der Waals surface area contributed by atoms with Gasteiger partial charge in [-0.1, -0.05) is 0 Å². The van der Waals surface area contributed by atoms with Gasteiger partial charge in [0.1, 0.15) is 11.3 Å². The average molecular weight is 382 g/mol. The molecule has 0 saturated heterocycles. The van der Waals surface area contributed by atoms with Crippen molar-refractivity contribution in [3.8, 4) is 0 Å². The van der Waals surface area contributed by atoms with Gasteiger partial charge in [-0.25, -0.2) is 26.4 Å². The molecule has 3 rings (SSSR count). The van der Waals surface area contributed by atoms with Gasteiger partial charge >= 0.3 is 5.97 Å². The van der Waals surface area contributed by atoms with Crippen LogP contribution >= 0.6 is 0 Å². The van der Waals surface area contributed by atoms with Crippen LogP contribution in [0.25, 0.3) is 10.9 Å². The largest absolute Gasteiger partial charge is 0.478 e. The maximum atomic E-state index is 13.8. The molecule has 0 fully saturated rings. The molecule has 0 spiro atoms. The van der Waals surface area contributed by atoms with Gasteiger partial charge < -0.3 is 5.11 Å². The fraction of sp³-hybridized carbons (Fsp3) is 0. The molecule has 0 radical (unpaired) electrons. The van der Waals surface area contributed by atoms with Crippen LogP contribution < -0.4 is 4.72 Å². The molecule has 0 aliphatic carbocycles. The summed E-state index contributed by atoms with van der Waals surface area (Å²) < 4.78 is 67.7. The van der Waals surface area contributed by atoms with Gasteiger partial charge in [-0.2, -0.15) is 0 Å². The van der Waals surface area contributed by atoms with E-state index < -0.39 is 49.6 Å². The van der Waals surface area contributed by atoms with Crippen LogP contribution in [-0.2, 0) is 10.0 Å². The van der Waals surface area contributed by atoms with Crippen molar-refractivity contribution in [2.24, 2.45) is 0 Å². The number of benzene rings is 2. The molecule has 3 aromatic rings. The smallest absolute Gasteiger partial charge is 0.337 e. The molecule has 0 aliphatic rings. The molecule has 0 unspecified atom stereocenters. The van der Waals surface area contributed by atoms with Crippen molar-refractivity contribution >= 4 is 32.6 Å². The number of carboxylic acid groups (broad SMARTS) is 1. The number of sulfonamides is 1. The van der Waals surface area contributed by atoms with Crippen LogP contribution in [-0.4, -0.2) is 24.5 Å². The molecule has 26 heavy (non-hydrogen) atoms. The van der Waals surface area contributed by atoms with Crippen LogP contribution in [0.4, 0.5) is 18.9 Å². The number of halogens is 3. The van der Waals surface area contributed by atoms with Crippen LogP contribution in [0.1, 0.15) is 10.4 Å². The molecular formula is C16H9F3N2O4S. The molecule has 1 aromatic heterocycles. The highest BCUT2D eigenvalue weighted by molar-refractivity contribution is 7.93. The van der Waals surface area contributed by atoms with Crippen molar-refractivity contribution in [2.75, 3.05) is 4.72 Å². The van der Waals surface area contributed by atoms with Crippen molar-refractivity contribution in [3.63, 3.8) is 0 Å². The van der Waals surface area contributed by atoms with E-state index >= 15 is 0 Å². The molecule has 6 nitrogen and oxygen atoms in total. The molecular weight excluding hydrogens is 373 g/mol. The predicted octanol–water partition coefficient (Wildman–Crippen LogP) is 3.15. The molecule has 1 heterocycles. The first-order valence-electron chi connectivity index (χ1n) is 6.99. The Morgan fingerprint density at radius 2 is 1.73 bits per heavy atom. The monoisotopic (exact) mass is 382 g/mol. The number of pyridine rings is 1. The van der Waals surface area contributed by atoms with E-state index in [2.05, 4.69) is 4.98 Å². The molecule has 0 aliphatic heterocycles. The van der Waals surface area contributed by atoms with E-state index in [-0.39, 0.29) is 10.9 Å². The number of rotatable bonds is 4. The van der Waals surface area contributed by atoms with Crippen molar-refractivity contribution in [1.82, 2.24) is 4.98 Å². The minimum atomic E-state index is -4.45. The van der Waals surface area contributed by atoms with Gasteiger partial charge in [-0.15, -0.1) is 0 Å². The number of hydrogen-bond acceptors (Lipinski definition) is 4. The van der Waals surface area contributed by atoms with Crippen molar-refractivity contribution in [3.05, 3.63) is 65.6 Å². The maximum Gasteiger partial charge on any atom is 0.337 e. The lowest BCUT2D eigenvalue weighted by molar-refractivity contribution is 0.0697. The Hall–Kier alpha value is -3.14. The second-order valence-corrected chi connectivity index (χ2v) is 6.82. The van der Waals surface area contributed by atoms with E-state index in [1.165, 1.54) is 18.3 Å². The summed E-state index contributed by atoms with van der Waals surface area (Å²) in [5.74, 6) is -5.29. The molecule has 2 aromatic carbocycles. The number of carboxylic acids is 1. The average Bonchev–Trinajstić information content (AvgIpc) is 2.57. The van der Waals surface area contributed by atoms with Crippen LogP contribution in [0.3, 0.4) is 0 Å². The highest BCUT2D eigenvalue weighted by Crippen LogP contribution is 2.28. The number of nitrogens with one attached hydrogen (secondary N) is 1. The number of fused-ring (bicyclic) bond motifs is 1. The second-order valence-electron chi connectivity index (χ2n) is 5.17. The topological polar surface area (TPSA) is 96.4 Å². The number of hydrogen-bond donors (Lipinski definition) is 2. The van der Waals surface area contributed by atoms with Gasteiger partial charge in [-0.05, 0) is 30.3 Å². The zero-order valence-electron chi connectivity index (χ0n) is 12.7. The minimum Gasteiger partial charge on any atom is -0.478 e. The summed E-state index contributed by atoms with van der Waals surface area (Å²) in [5, 5.41) is 9.02. The Morgan fingerprint density at radius 3 is 2.42 bits per heavy atom. The van der Waals surface area contributed by atoms with E-state index in [0.29, 0.717) is 12.1 Å². The highest BCUT2D eigenvalue weighted by atomic mass is 32.2. The summed E-state index contributed by atoms with van der Waals surface area (Å²) in [6.07, 6.45) is 1.27. The Kier molecular flexibility index (Phi) is 4.28. The van der Waals surface area contributed by atoms with Crippen LogP contribution in [0.2, 0.25) is 0 Å². The van der Waals surface area contributed by atoms with Gasteiger partial charge in [0.05, 0.1) is 16.1 Å². The number of aromatic carboxylic acids is 1. The normalized spacial score (nSPS) is 11.5. The van der Waals surface area contributed by atoms with E-state index in [9.17, 15) is 26.4 Å². The summed E-state index contributed by atoms with van der Waals surface area (Å²) in [7, 11) is -4.45. The van der Waals surface area contributed by atoms with Gasteiger partial charge in [0.25, 0.3) is 10.0 Å². The Labute approximate surface area is 145 Å². The number of carbonyl (C=O) groups is 1. The van der Waals surface area contributed by atoms with Crippen LogP contribution in [0.5, 0.6) is 0 Å². The molecule has 0 bridgehead atoms. The van der Waals surface area contributed by atoms with Gasteiger partial charge in [0.15, 0.2) is 11.6 Å². The third kappa shape index (κ3) is 3.06. The third-order valence-corrected chi connectivity index (χ3v) is 4.93. The molecule has 0 amide bonds. The Bertz CT molecular complexity index is 1150. The first kappa shape index (κ1) is 17.7. The number of aromatic nitrogens is 1. The lowest BCUT2D eigenvalue weighted by Gasteiger charge is -2.13. The van der Waals surface area contributed by atoms with Crippen LogP contribution in [0, 0.1) is 17.5 Å². The zero-order valence-corrected chi connectivity index (χ0v) is 13.5. The van der Waals surface area contributed by atoms with Crippen LogP contribution in [0.15, 0.2) is 47.5 Å². The van der Waals surface area contributed by atoms with Gasteiger partial charge in [0, 0.05) is 17.6 Å². The van der Waals surface area contributed by atoms with Gasteiger partial charge in [0.2, 0.25) is 0 Å². The Morgan fingerprint density at radius 1 is 1.04 bits per heavy atom. The SMILES string of the molecule is O=C(O)c1cc(F)c(F)cc1NS(=O)(=O)c1ccc(F)c2ncccc12. The fourth-order valence-corrected chi connectivity index (χ4v) is 3.62. The van der Waals surface area contributed by atoms with E-state index in [0.717, 1.165) is 12.1 Å². The fourth-order valence-electron chi connectivity index (χ4n) is 2.35. The summed E-state index contributed by atoms with van der Waals surface area (Å²) in [5.41, 5.74) is -1.66. The standard InChI is InChI=1S/C16H9F3N2O4S/c17-10-3-4-14(8-2-1-5-20-15(8)10)26(24,25)21-13-7-12(19)11(18)6-9(13)16(22)23/h1-7,21H,(H,22,23). The Balaban J connectivity index is 2.16. The van der Waals surface area contributed by atoms with Crippen molar-refractivity contribution in [1.29, 1.82) is 0 Å². The number of anilines is 1. The molecule has 0 atom stereocenters. The molecule has 134 valence electrons. The predicted molar refractivity (Wildman–Crippen MR) is 85.8 cm³/mol. The quantitative estimate of drug-likeness (QED) is 0.723.